The van der Waals surface area contributed by atoms with Crippen LogP contribution in [0.4, 0.5) is 0 Å². The molecular formula is C11H9BrCl3NO2. The number of carbonyl (C=O) groups is 1. The largest absolute Gasteiger partial charge is 0.482 e. The topological polar surface area (TPSA) is 38.3 Å². The van der Waals surface area contributed by atoms with E-state index in [1.54, 1.807) is 0 Å². The average Bonchev–Trinajstić information content (AvgIpc) is 2.29. The van der Waals surface area contributed by atoms with E-state index in [1.165, 1.54) is 12.1 Å². The fourth-order valence-electron chi connectivity index (χ4n) is 1.00. The molecule has 0 unspecified atom stereocenters. The van der Waals surface area contributed by atoms with Crippen LogP contribution in [-0.4, -0.2) is 19.1 Å². The molecule has 1 aromatic rings. The molecule has 0 aliphatic heterocycles. The van der Waals surface area contributed by atoms with Gasteiger partial charge in [0.05, 0.1) is 15.1 Å². The van der Waals surface area contributed by atoms with Crippen molar-refractivity contribution in [2.24, 2.45) is 0 Å². The summed E-state index contributed by atoms with van der Waals surface area (Å²) in [6.07, 6.45) is 0. The molecule has 18 heavy (non-hydrogen) atoms. The van der Waals surface area contributed by atoms with Gasteiger partial charge in [-0.25, -0.2) is 0 Å². The molecular weight excluding hydrogens is 364 g/mol. The van der Waals surface area contributed by atoms with Crippen molar-refractivity contribution in [3.8, 4) is 5.75 Å². The third-order valence-electron chi connectivity index (χ3n) is 1.81. The van der Waals surface area contributed by atoms with E-state index >= 15 is 0 Å². The second-order valence-corrected chi connectivity index (χ2v) is 5.62. The van der Waals surface area contributed by atoms with Crippen LogP contribution in [0.15, 0.2) is 23.2 Å². The third-order valence-corrected chi connectivity index (χ3v) is 3.11. The number of hydrogen-bond acceptors (Lipinski definition) is 2. The summed E-state index contributed by atoms with van der Waals surface area (Å²) in [4.78, 5) is 11.4. The molecule has 0 aliphatic rings. The van der Waals surface area contributed by atoms with Gasteiger partial charge in [0.2, 0.25) is 0 Å². The number of halogens is 4. The maximum absolute atomic E-state index is 11.4. The normalized spacial score (nSPS) is 10.0. The second-order valence-electron chi connectivity index (χ2n) is 3.28. The van der Waals surface area contributed by atoms with Crippen molar-refractivity contribution in [2.45, 2.75) is 0 Å². The fraction of sp³-hybridized carbons (Fsp3) is 0.182. The van der Waals surface area contributed by atoms with Gasteiger partial charge in [0.1, 0.15) is 5.75 Å². The SMILES string of the molecule is C=C(Br)CNC(=O)COc1cc(Cl)c(Cl)cc1Cl. The number of benzene rings is 1. The Balaban J connectivity index is 2.56. The van der Waals surface area contributed by atoms with Gasteiger partial charge in [0, 0.05) is 17.1 Å². The summed E-state index contributed by atoms with van der Waals surface area (Å²) in [5, 5.41) is 3.52. The van der Waals surface area contributed by atoms with E-state index in [2.05, 4.69) is 27.8 Å². The molecule has 1 amide bonds. The maximum atomic E-state index is 11.4. The van der Waals surface area contributed by atoms with Crippen LogP contribution >= 0.6 is 50.7 Å². The van der Waals surface area contributed by atoms with E-state index in [1.807, 2.05) is 0 Å². The van der Waals surface area contributed by atoms with Crippen molar-refractivity contribution in [3.63, 3.8) is 0 Å². The number of hydrogen-bond donors (Lipinski definition) is 1. The Kier molecular flexibility index (Phi) is 6.29. The van der Waals surface area contributed by atoms with E-state index in [-0.39, 0.29) is 12.5 Å². The number of carbonyl (C=O) groups excluding carboxylic acids is 1. The molecule has 0 saturated heterocycles. The Labute approximate surface area is 128 Å². The van der Waals surface area contributed by atoms with Gasteiger partial charge in [0.15, 0.2) is 6.61 Å². The van der Waals surface area contributed by atoms with Crippen molar-refractivity contribution in [2.75, 3.05) is 13.2 Å². The fourth-order valence-corrected chi connectivity index (χ4v) is 1.74. The van der Waals surface area contributed by atoms with Crippen LogP contribution in [0.3, 0.4) is 0 Å². The van der Waals surface area contributed by atoms with Gasteiger partial charge >= 0.3 is 0 Å². The highest BCUT2D eigenvalue weighted by atomic mass is 79.9. The molecule has 0 aliphatic carbocycles. The summed E-state index contributed by atoms with van der Waals surface area (Å²) in [6, 6.07) is 2.92. The predicted molar refractivity (Wildman–Crippen MR) is 78.0 cm³/mol. The molecule has 0 aromatic heterocycles. The van der Waals surface area contributed by atoms with Crippen molar-refractivity contribution in [1.82, 2.24) is 5.32 Å². The van der Waals surface area contributed by atoms with E-state index in [0.717, 1.165) is 0 Å². The molecule has 0 bridgehead atoms. The van der Waals surface area contributed by atoms with Gasteiger partial charge in [-0.2, -0.15) is 0 Å². The van der Waals surface area contributed by atoms with Crippen LogP contribution in [0, 0.1) is 0 Å². The minimum absolute atomic E-state index is 0.169. The van der Waals surface area contributed by atoms with Crippen LogP contribution in [-0.2, 0) is 4.79 Å². The molecule has 0 spiro atoms. The first-order valence-corrected chi connectivity index (χ1v) is 6.70. The van der Waals surface area contributed by atoms with Crippen LogP contribution in [0.2, 0.25) is 15.1 Å². The molecule has 0 radical (unpaired) electrons. The van der Waals surface area contributed by atoms with Gasteiger partial charge in [-0.05, 0) is 6.07 Å². The summed E-state index contributed by atoms with van der Waals surface area (Å²) < 4.78 is 5.90. The maximum Gasteiger partial charge on any atom is 0.258 e. The summed E-state index contributed by atoms with van der Waals surface area (Å²) >= 11 is 20.6. The molecule has 98 valence electrons. The zero-order valence-electron chi connectivity index (χ0n) is 9.10. The van der Waals surface area contributed by atoms with Crippen molar-refractivity contribution in [3.05, 3.63) is 38.3 Å². The minimum atomic E-state index is -0.294. The van der Waals surface area contributed by atoms with E-state index < -0.39 is 0 Å². The van der Waals surface area contributed by atoms with E-state index in [0.29, 0.717) is 31.8 Å². The minimum Gasteiger partial charge on any atom is -0.482 e. The lowest BCUT2D eigenvalue weighted by Gasteiger charge is -2.09. The first-order chi connectivity index (χ1) is 8.40. The van der Waals surface area contributed by atoms with E-state index in [9.17, 15) is 4.79 Å². The highest BCUT2D eigenvalue weighted by Gasteiger charge is 2.09. The lowest BCUT2D eigenvalue weighted by molar-refractivity contribution is -0.122. The van der Waals surface area contributed by atoms with Gasteiger partial charge < -0.3 is 10.1 Å². The van der Waals surface area contributed by atoms with Crippen LogP contribution < -0.4 is 10.1 Å². The van der Waals surface area contributed by atoms with Gasteiger partial charge in [-0.3, -0.25) is 4.79 Å². The number of ether oxygens (including phenoxy) is 1. The molecule has 0 heterocycles. The van der Waals surface area contributed by atoms with Crippen LogP contribution in [0.25, 0.3) is 0 Å². The summed E-state index contributed by atoms with van der Waals surface area (Å²) in [5.41, 5.74) is 0. The zero-order valence-corrected chi connectivity index (χ0v) is 13.0. The molecule has 1 rings (SSSR count). The summed E-state index contributed by atoms with van der Waals surface area (Å²) in [7, 11) is 0. The zero-order chi connectivity index (χ0) is 13.7. The number of amides is 1. The first-order valence-electron chi connectivity index (χ1n) is 4.77. The predicted octanol–water partition coefficient (Wildman–Crippen LogP) is 4.05. The Hall–Kier alpha value is -0.420. The number of rotatable bonds is 5. The first kappa shape index (κ1) is 15.6. The smallest absolute Gasteiger partial charge is 0.258 e. The lowest BCUT2D eigenvalue weighted by Crippen LogP contribution is -2.29. The van der Waals surface area contributed by atoms with Crippen LogP contribution in [0.5, 0.6) is 5.75 Å². The summed E-state index contributed by atoms with van der Waals surface area (Å²) in [6.45, 7) is 3.75. The highest BCUT2D eigenvalue weighted by molar-refractivity contribution is 9.11. The quantitative estimate of drug-likeness (QED) is 0.791. The summed E-state index contributed by atoms with van der Waals surface area (Å²) in [5.74, 6) is 0.0108. The van der Waals surface area contributed by atoms with Gasteiger partial charge in [-0.1, -0.05) is 57.3 Å². The van der Waals surface area contributed by atoms with Crippen molar-refractivity contribution < 1.29 is 9.53 Å². The average molecular weight is 373 g/mol. The third kappa shape index (κ3) is 5.06. The second kappa shape index (κ2) is 7.24. The molecule has 7 heteroatoms. The molecule has 1 N–H and O–H groups in total. The molecule has 3 nitrogen and oxygen atoms in total. The molecule has 0 saturated carbocycles. The van der Waals surface area contributed by atoms with Crippen LogP contribution in [0.1, 0.15) is 0 Å². The highest BCUT2D eigenvalue weighted by Crippen LogP contribution is 2.33. The van der Waals surface area contributed by atoms with Gasteiger partial charge in [0.25, 0.3) is 5.91 Å². The lowest BCUT2D eigenvalue weighted by atomic mass is 10.3. The Morgan fingerprint density at radius 1 is 1.28 bits per heavy atom. The Bertz CT molecular complexity index is 480. The van der Waals surface area contributed by atoms with E-state index in [4.69, 9.17) is 39.5 Å². The monoisotopic (exact) mass is 371 g/mol. The standard InChI is InChI=1S/C11H9BrCl3NO2/c1-6(12)4-16-11(17)5-18-10-3-8(14)7(13)2-9(10)15/h2-3H,1,4-5H2,(H,16,17). The molecule has 0 atom stereocenters. The van der Waals surface area contributed by atoms with Gasteiger partial charge in [-0.15, -0.1) is 0 Å². The molecule has 0 fully saturated rings. The Morgan fingerprint density at radius 3 is 2.50 bits per heavy atom. The Morgan fingerprint density at radius 2 is 1.89 bits per heavy atom. The van der Waals surface area contributed by atoms with Crippen molar-refractivity contribution in [1.29, 1.82) is 0 Å². The van der Waals surface area contributed by atoms with Crippen molar-refractivity contribution >= 4 is 56.6 Å². The molecule has 1 aromatic carbocycles. The number of nitrogens with one attached hydrogen (secondary N) is 1.